The van der Waals surface area contributed by atoms with E-state index >= 15 is 0 Å². The van der Waals surface area contributed by atoms with Crippen LogP contribution in [0.5, 0.6) is 0 Å². The van der Waals surface area contributed by atoms with Gasteiger partial charge in [-0.1, -0.05) is 12.2 Å². The molecule has 2 N–H and O–H groups in total. The SMILES string of the molecule is C=C1CC23CC1CCC2C12CCC(O)C(C)(C(=O)OC1)C2C3C(=O)O. The van der Waals surface area contributed by atoms with E-state index in [9.17, 15) is 19.8 Å². The molecular formula is C20H26O5. The molecule has 0 aromatic carbocycles. The van der Waals surface area contributed by atoms with E-state index in [1.54, 1.807) is 6.92 Å². The molecule has 1 saturated heterocycles. The van der Waals surface area contributed by atoms with Gasteiger partial charge in [-0.3, -0.25) is 9.59 Å². The summed E-state index contributed by atoms with van der Waals surface area (Å²) in [5, 5.41) is 21.0. The molecule has 4 saturated carbocycles. The van der Waals surface area contributed by atoms with E-state index in [0.717, 1.165) is 32.1 Å². The first-order chi connectivity index (χ1) is 11.8. The number of carboxylic acid groups (broad SMARTS) is 1. The Morgan fingerprint density at radius 3 is 2.76 bits per heavy atom. The van der Waals surface area contributed by atoms with Crippen LogP contribution in [0.15, 0.2) is 12.2 Å². The predicted octanol–water partition coefficient (Wildman–Crippen LogP) is 2.38. The Morgan fingerprint density at radius 1 is 1.28 bits per heavy atom. The number of hydrogen-bond donors (Lipinski definition) is 2. The number of allylic oxidation sites excluding steroid dienone is 1. The fraction of sp³-hybridized carbons (Fsp3) is 0.800. The van der Waals surface area contributed by atoms with Crippen molar-refractivity contribution in [3.05, 3.63) is 12.2 Å². The van der Waals surface area contributed by atoms with Crippen LogP contribution < -0.4 is 0 Å². The molecule has 5 fully saturated rings. The van der Waals surface area contributed by atoms with Crippen molar-refractivity contribution in [2.24, 2.45) is 39.9 Å². The molecule has 1 spiro atoms. The molecule has 136 valence electrons. The van der Waals surface area contributed by atoms with Crippen molar-refractivity contribution in [3.8, 4) is 0 Å². The molecule has 0 aromatic heterocycles. The second-order valence-corrected chi connectivity index (χ2v) is 9.54. The molecule has 4 aliphatic carbocycles. The van der Waals surface area contributed by atoms with Gasteiger partial charge in [0.15, 0.2) is 0 Å². The lowest BCUT2D eigenvalue weighted by Gasteiger charge is -2.57. The summed E-state index contributed by atoms with van der Waals surface area (Å²) in [6.45, 7) is 6.33. The number of cyclic esters (lactones) is 1. The summed E-state index contributed by atoms with van der Waals surface area (Å²) in [7, 11) is 0. The maximum Gasteiger partial charge on any atom is 0.314 e. The second-order valence-electron chi connectivity index (χ2n) is 9.54. The van der Waals surface area contributed by atoms with Gasteiger partial charge in [-0.05, 0) is 62.7 Å². The number of esters is 1. The first-order valence-corrected chi connectivity index (χ1v) is 9.53. The molecule has 5 nitrogen and oxygen atoms in total. The van der Waals surface area contributed by atoms with E-state index in [1.165, 1.54) is 5.57 Å². The molecule has 1 aliphatic heterocycles. The number of hydrogen-bond acceptors (Lipinski definition) is 4. The van der Waals surface area contributed by atoms with Gasteiger partial charge in [0.25, 0.3) is 0 Å². The minimum Gasteiger partial charge on any atom is -0.481 e. The zero-order valence-electron chi connectivity index (χ0n) is 14.7. The summed E-state index contributed by atoms with van der Waals surface area (Å²) in [4.78, 5) is 25.2. The van der Waals surface area contributed by atoms with Crippen molar-refractivity contribution >= 4 is 11.9 Å². The lowest BCUT2D eigenvalue weighted by Crippen LogP contribution is -2.63. The molecule has 1 heterocycles. The first kappa shape index (κ1) is 15.9. The molecule has 0 aromatic rings. The maximum atomic E-state index is 12.7. The van der Waals surface area contributed by atoms with E-state index in [0.29, 0.717) is 18.9 Å². The van der Waals surface area contributed by atoms with Crippen LogP contribution in [-0.4, -0.2) is 34.9 Å². The van der Waals surface area contributed by atoms with Crippen LogP contribution in [0.2, 0.25) is 0 Å². The van der Waals surface area contributed by atoms with Gasteiger partial charge >= 0.3 is 11.9 Å². The van der Waals surface area contributed by atoms with Crippen molar-refractivity contribution in [2.75, 3.05) is 6.61 Å². The molecule has 8 atom stereocenters. The third-order valence-corrected chi connectivity index (χ3v) is 8.92. The Morgan fingerprint density at radius 2 is 2.04 bits per heavy atom. The van der Waals surface area contributed by atoms with E-state index in [2.05, 4.69) is 6.58 Å². The van der Waals surface area contributed by atoms with E-state index < -0.39 is 29.4 Å². The Hall–Kier alpha value is -1.36. The molecular weight excluding hydrogens is 320 g/mol. The molecule has 25 heavy (non-hydrogen) atoms. The third kappa shape index (κ3) is 1.52. The summed E-state index contributed by atoms with van der Waals surface area (Å²) in [6, 6.07) is 0. The van der Waals surface area contributed by atoms with Crippen LogP contribution in [0.4, 0.5) is 0 Å². The van der Waals surface area contributed by atoms with Gasteiger partial charge in [0.1, 0.15) is 0 Å². The molecule has 5 aliphatic rings. The van der Waals surface area contributed by atoms with Crippen LogP contribution in [0.25, 0.3) is 0 Å². The van der Waals surface area contributed by atoms with Crippen molar-refractivity contribution < 1.29 is 24.5 Å². The molecule has 4 bridgehead atoms. The largest absolute Gasteiger partial charge is 0.481 e. The van der Waals surface area contributed by atoms with Gasteiger partial charge in [-0.15, -0.1) is 0 Å². The van der Waals surface area contributed by atoms with Gasteiger partial charge in [-0.2, -0.15) is 0 Å². The van der Waals surface area contributed by atoms with Crippen LogP contribution in [-0.2, 0) is 14.3 Å². The number of ether oxygens (including phenoxy) is 1. The number of rotatable bonds is 1. The molecule has 5 heteroatoms. The Kier molecular flexibility index (Phi) is 2.84. The summed E-state index contributed by atoms with van der Waals surface area (Å²) < 4.78 is 5.62. The quantitative estimate of drug-likeness (QED) is 0.563. The van der Waals surface area contributed by atoms with E-state index in [-0.39, 0.29) is 22.7 Å². The van der Waals surface area contributed by atoms with Crippen molar-refractivity contribution in [2.45, 2.75) is 51.6 Å². The lowest BCUT2D eigenvalue weighted by molar-refractivity contribution is -0.220. The monoisotopic (exact) mass is 346 g/mol. The van der Waals surface area contributed by atoms with Crippen molar-refractivity contribution in [3.63, 3.8) is 0 Å². The van der Waals surface area contributed by atoms with Crippen molar-refractivity contribution in [1.29, 1.82) is 0 Å². The second kappa shape index (κ2) is 4.48. The van der Waals surface area contributed by atoms with Crippen LogP contribution >= 0.6 is 0 Å². The molecule has 8 unspecified atom stereocenters. The van der Waals surface area contributed by atoms with Gasteiger partial charge in [0.05, 0.1) is 24.0 Å². The highest BCUT2D eigenvalue weighted by atomic mass is 16.5. The zero-order valence-corrected chi connectivity index (χ0v) is 14.7. The summed E-state index contributed by atoms with van der Waals surface area (Å²) in [6.07, 6.45) is 4.20. The van der Waals surface area contributed by atoms with Crippen LogP contribution in [0.1, 0.15) is 45.4 Å². The Labute approximate surface area is 147 Å². The summed E-state index contributed by atoms with van der Waals surface area (Å²) in [5.74, 6) is -1.47. The maximum absolute atomic E-state index is 12.7. The first-order valence-electron chi connectivity index (χ1n) is 9.53. The lowest BCUT2D eigenvalue weighted by atomic mass is 9.50. The summed E-state index contributed by atoms with van der Waals surface area (Å²) in [5.41, 5.74) is -0.516. The number of carbonyl (C=O) groups is 2. The smallest absolute Gasteiger partial charge is 0.314 e. The fourth-order valence-electron chi connectivity index (χ4n) is 8.12. The normalized spacial score (nSPS) is 56.2. The molecule has 0 amide bonds. The standard InChI is InChI=1S/C20H26O5/c1-10-7-20-8-11(10)3-4-12(20)19-6-5-13(21)18(2,17(24)25-9-19)15(19)14(20)16(22)23/h11-15,21H,1,3-9H2,2H3,(H,22,23). The number of carboxylic acids is 1. The fourth-order valence-corrected chi connectivity index (χ4v) is 8.12. The van der Waals surface area contributed by atoms with Gasteiger partial charge < -0.3 is 14.9 Å². The van der Waals surface area contributed by atoms with E-state index in [4.69, 9.17) is 4.74 Å². The predicted molar refractivity (Wildman–Crippen MR) is 88.4 cm³/mol. The molecule has 5 rings (SSSR count). The third-order valence-electron chi connectivity index (χ3n) is 8.92. The average Bonchev–Trinajstić information content (AvgIpc) is 2.97. The minimum absolute atomic E-state index is 0.251. The van der Waals surface area contributed by atoms with Crippen molar-refractivity contribution in [1.82, 2.24) is 0 Å². The topological polar surface area (TPSA) is 83.8 Å². The highest BCUT2D eigenvalue weighted by molar-refractivity contribution is 5.82. The minimum atomic E-state index is -1.11. The molecule has 0 radical (unpaired) electrons. The zero-order chi connectivity index (χ0) is 17.8. The number of aliphatic hydroxyl groups excluding tert-OH is 1. The van der Waals surface area contributed by atoms with Gasteiger partial charge in [-0.25, -0.2) is 0 Å². The number of aliphatic hydroxyl groups is 1. The number of fused-ring (bicyclic) bond motifs is 1. The Bertz CT molecular complexity index is 700. The summed E-state index contributed by atoms with van der Waals surface area (Å²) >= 11 is 0. The van der Waals surface area contributed by atoms with E-state index in [1.807, 2.05) is 0 Å². The number of aliphatic carboxylic acids is 1. The number of carbonyl (C=O) groups excluding carboxylic acids is 1. The van der Waals surface area contributed by atoms with Crippen LogP contribution in [0.3, 0.4) is 0 Å². The van der Waals surface area contributed by atoms with Gasteiger partial charge in [0.2, 0.25) is 0 Å². The average molecular weight is 346 g/mol. The van der Waals surface area contributed by atoms with Crippen LogP contribution in [0, 0.1) is 39.9 Å². The highest BCUT2D eigenvalue weighted by Gasteiger charge is 2.79. The van der Waals surface area contributed by atoms with Gasteiger partial charge in [0, 0.05) is 11.3 Å². The Balaban J connectivity index is 1.76. The highest BCUT2D eigenvalue weighted by Crippen LogP contribution is 2.78.